The number of aryl methyl sites for hydroxylation is 2. The summed E-state index contributed by atoms with van der Waals surface area (Å²) in [5.74, 6) is 0.0842. The Hall–Kier alpha value is -3.07. The minimum atomic E-state index is -0.471. The summed E-state index contributed by atoms with van der Waals surface area (Å²) < 4.78 is 25.3. The van der Waals surface area contributed by atoms with Crippen molar-refractivity contribution in [2.24, 2.45) is 0 Å². The normalized spacial score (nSPS) is 11.2. The van der Waals surface area contributed by atoms with Crippen LogP contribution >= 0.6 is 11.3 Å². The second kappa shape index (κ2) is 7.51. The smallest absolute Gasteiger partial charge is 0.348 e. The van der Waals surface area contributed by atoms with Crippen molar-refractivity contribution in [1.29, 1.82) is 0 Å². The highest BCUT2D eigenvalue weighted by Crippen LogP contribution is 2.31. The van der Waals surface area contributed by atoms with Gasteiger partial charge in [-0.1, -0.05) is 12.1 Å². The van der Waals surface area contributed by atoms with Gasteiger partial charge in [0, 0.05) is 11.8 Å². The molecule has 144 valence electrons. The standard InChI is InChI=1S/C19H17FN4O3S/c1-3-4-16-21-17(27-23-16)10-26-19(25)15-9-14-11(2)22-24(18(14)28-15)13-7-5-12(20)6-8-13/h5-9H,3-4,10H2,1-2H3. The van der Waals surface area contributed by atoms with E-state index >= 15 is 0 Å². The van der Waals surface area contributed by atoms with Crippen LogP contribution in [0.4, 0.5) is 4.39 Å². The summed E-state index contributed by atoms with van der Waals surface area (Å²) in [4.78, 5) is 17.9. The van der Waals surface area contributed by atoms with Crippen LogP contribution in [0.3, 0.4) is 0 Å². The van der Waals surface area contributed by atoms with Crippen LogP contribution in [-0.4, -0.2) is 25.9 Å². The maximum atomic E-state index is 13.2. The first-order valence-electron chi connectivity index (χ1n) is 8.79. The molecule has 0 saturated carbocycles. The van der Waals surface area contributed by atoms with Gasteiger partial charge < -0.3 is 9.26 Å². The van der Waals surface area contributed by atoms with Gasteiger partial charge in [0.05, 0.1) is 11.4 Å². The first-order valence-corrected chi connectivity index (χ1v) is 9.60. The zero-order valence-corrected chi connectivity index (χ0v) is 16.1. The van der Waals surface area contributed by atoms with Crippen molar-refractivity contribution in [3.05, 3.63) is 58.4 Å². The Bertz CT molecular complexity index is 1130. The molecule has 28 heavy (non-hydrogen) atoms. The predicted molar refractivity (Wildman–Crippen MR) is 101 cm³/mol. The van der Waals surface area contributed by atoms with Crippen molar-refractivity contribution in [1.82, 2.24) is 19.9 Å². The molecule has 0 aliphatic rings. The van der Waals surface area contributed by atoms with Crippen LogP contribution < -0.4 is 0 Å². The third-order valence-corrected chi connectivity index (χ3v) is 5.22. The number of thiophene rings is 1. The molecule has 1 aromatic carbocycles. The number of esters is 1. The zero-order chi connectivity index (χ0) is 19.7. The minimum Gasteiger partial charge on any atom is -0.451 e. The molecule has 0 radical (unpaired) electrons. The fourth-order valence-corrected chi connectivity index (χ4v) is 3.85. The van der Waals surface area contributed by atoms with Gasteiger partial charge in [-0.2, -0.15) is 10.1 Å². The molecule has 0 atom stereocenters. The Kier molecular flexibility index (Phi) is 4.91. The van der Waals surface area contributed by atoms with E-state index in [2.05, 4.69) is 15.2 Å². The summed E-state index contributed by atoms with van der Waals surface area (Å²) >= 11 is 1.27. The summed E-state index contributed by atoms with van der Waals surface area (Å²) in [6.45, 7) is 3.80. The van der Waals surface area contributed by atoms with E-state index in [1.54, 1.807) is 22.9 Å². The third kappa shape index (κ3) is 3.53. The molecular weight excluding hydrogens is 383 g/mol. The van der Waals surface area contributed by atoms with Crippen LogP contribution in [0.1, 0.15) is 40.4 Å². The Balaban J connectivity index is 1.54. The largest absolute Gasteiger partial charge is 0.451 e. The van der Waals surface area contributed by atoms with E-state index in [1.807, 2.05) is 13.8 Å². The van der Waals surface area contributed by atoms with Crippen molar-refractivity contribution in [3.63, 3.8) is 0 Å². The van der Waals surface area contributed by atoms with Crippen LogP contribution in [0.25, 0.3) is 15.9 Å². The molecule has 0 N–H and O–H groups in total. The van der Waals surface area contributed by atoms with E-state index in [-0.39, 0.29) is 18.3 Å². The Morgan fingerprint density at radius 2 is 2.11 bits per heavy atom. The zero-order valence-electron chi connectivity index (χ0n) is 15.3. The lowest BCUT2D eigenvalue weighted by Gasteiger charge is -2.02. The molecule has 7 nitrogen and oxygen atoms in total. The molecule has 0 unspecified atom stereocenters. The number of aromatic nitrogens is 4. The van der Waals surface area contributed by atoms with Crippen molar-refractivity contribution in [2.75, 3.05) is 0 Å². The van der Waals surface area contributed by atoms with Gasteiger partial charge in [-0.05, 0) is 43.7 Å². The second-order valence-corrected chi connectivity index (χ2v) is 7.26. The van der Waals surface area contributed by atoms with E-state index in [0.29, 0.717) is 17.1 Å². The number of halogens is 1. The number of hydrogen-bond acceptors (Lipinski definition) is 7. The lowest BCUT2D eigenvalue weighted by Crippen LogP contribution is -2.03. The lowest BCUT2D eigenvalue weighted by molar-refractivity contribution is 0.0435. The van der Waals surface area contributed by atoms with Crippen molar-refractivity contribution in [3.8, 4) is 5.69 Å². The van der Waals surface area contributed by atoms with Crippen LogP contribution in [0.2, 0.25) is 0 Å². The SMILES string of the molecule is CCCc1noc(COC(=O)c2cc3c(C)nn(-c4ccc(F)cc4)c3s2)n1. The number of nitrogens with zero attached hydrogens (tertiary/aromatic N) is 4. The fourth-order valence-electron chi connectivity index (χ4n) is 2.78. The molecule has 0 aliphatic heterocycles. The molecule has 0 bridgehead atoms. The molecule has 4 rings (SSSR count). The summed E-state index contributed by atoms with van der Waals surface area (Å²) in [7, 11) is 0. The first-order chi connectivity index (χ1) is 13.5. The fraction of sp³-hybridized carbons (Fsp3) is 0.263. The number of carbonyl (C=O) groups is 1. The van der Waals surface area contributed by atoms with E-state index in [4.69, 9.17) is 9.26 Å². The highest BCUT2D eigenvalue weighted by atomic mass is 32.1. The molecule has 0 spiro atoms. The topological polar surface area (TPSA) is 83.0 Å². The molecule has 4 aromatic rings. The van der Waals surface area contributed by atoms with Gasteiger partial charge in [-0.3, -0.25) is 0 Å². The van der Waals surface area contributed by atoms with Gasteiger partial charge >= 0.3 is 5.97 Å². The highest BCUT2D eigenvalue weighted by molar-refractivity contribution is 7.20. The van der Waals surface area contributed by atoms with Crippen molar-refractivity contribution >= 4 is 27.5 Å². The van der Waals surface area contributed by atoms with Gasteiger partial charge in [-0.25, -0.2) is 13.9 Å². The average molecular weight is 400 g/mol. The van der Waals surface area contributed by atoms with Gasteiger partial charge in [0.1, 0.15) is 15.5 Å². The highest BCUT2D eigenvalue weighted by Gasteiger charge is 2.19. The lowest BCUT2D eigenvalue weighted by atomic mass is 10.3. The minimum absolute atomic E-state index is 0.0765. The van der Waals surface area contributed by atoms with Gasteiger partial charge in [0.15, 0.2) is 12.4 Å². The number of ether oxygens (including phenoxy) is 1. The summed E-state index contributed by atoms with van der Waals surface area (Å²) in [5.41, 5.74) is 1.49. The van der Waals surface area contributed by atoms with Gasteiger partial charge in [0.2, 0.25) is 0 Å². The van der Waals surface area contributed by atoms with Gasteiger partial charge in [-0.15, -0.1) is 11.3 Å². The summed E-state index contributed by atoms with van der Waals surface area (Å²) in [6, 6.07) is 7.78. The molecule has 3 aromatic heterocycles. The molecule has 0 fully saturated rings. The van der Waals surface area contributed by atoms with Crippen LogP contribution in [0, 0.1) is 12.7 Å². The van der Waals surface area contributed by atoms with E-state index in [9.17, 15) is 9.18 Å². The Morgan fingerprint density at radius 1 is 1.32 bits per heavy atom. The predicted octanol–water partition coefficient (Wildman–Crippen LogP) is 4.23. The number of benzene rings is 1. The van der Waals surface area contributed by atoms with E-state index < -0.39 is 5.97 Å². The maximum absolute atomic E-state index is 13.2. The molecule has 9 heteroatoms. The number of hydrogen-bond donors (Lipinski definition) is 0. The molecular formula is C19H17FN4O3S. The molecule has 0 amide bonds. The third-order valence-electron chi connectivity index (χ3n) is 4.13. The molecule has 0 aliphatic carbocycles. The average Bonchev–Trinajstić information content (AvgIpc) is 3.38. The number of fused-ring (bicyclic) bond motifs is 1. The van der Waals surface area contributed by atoms with Crippen molar-refractivity contribution < 1.29 is 18.4 Å². The summed E-state index contributed by atoms with van der Waals surface area (Å²) in [5, 5.41) is 9.17. The van der Waals surface area contributed by atoms with E-state index in [0.717, 1.165) is 28.0 Å². The van der Waals surface area contributed by atoms with Crippen LogP contribution in [0.5, 0.6) is 0 Å². The maximum Gasteiger partial charge on any atom is 0.348 e. The quantitative estimate of drug-likeness (QED) is 0.451. The Morgan fingerprint density at radius 3 is 2.86 bits per heavy atom. The second-order valence-electron chi connectivity index (χ2n) is 6.23. The van der Waals surface area contributed by atoms with Crippen LogP contribution in [-0.2, 0) is 17.8 Å². The molecule has 0 saturated heterocycles. The molecule has 3 heterocycles. The number of rotatable bonds is 6. The van der Waals surface area contributed by atoms with Crippen molar-refractivity contribution in [2.45, 2.75) is 33.3 Å². The first kappa shape index (κ1) is 18.3. The van der Waals surface area contributed by atoms with Gasteiger partial charge in [0.25, 0.3) is 5.89 Å². The van der Waals surface area contributed by atoms with E-state index in [1.165, 1.54) is 23.5 Å². The van der Waals surface area contributed by atoms with Crippen LogP contribution in [0.15, 0.2) is 34.9 Å². The Labute approximate surface area is 163 Å². The monoisotopic (exact) mass is 400 g/mol. The number of carbonyl (C=O) groups excluding carboxylic acids is 1. The summed E-state index contributed by atoms with van der Waals surface area (Å²) in [6.07, 6.45) is 1.62.